The summed E-state index contributed by atoms with van der Waals surface area (Å²) in [5.74, 6) is -0.219. The molecule has 5 nitrogen and oxygen atoms in total. The quantitative estimate of drug-likeness (QED) is 0.650. The molecule has 0 aromatic carbocycles. The summed E-state index contributed by atoms with van der Waals surface area (Å²) in [4.78, 5) is 26.3. The molecule has 2 heterocycles. The summed E-state index contributed by atoms with van der Waals surface area (Å²) < 4.78 is 10.6. The van der Waals surface area contributed by atoms with Crippen LogP contribution in [0.2, 0.25) is 0 Å². The van der Waals surface area contributed by atoms with Gasteiger partial charge in [-0.15, -0.1) is 0 Å². The molecule has 18 heavy (non-hydrogen) atoms. The van der Waals surface area contributed by atoms with E-state index in [0.29, 0.717) is 19.8 Å². The zero-order valence-electron chi connectivity index (χ0n) is 10.5. The number of nitrogens with zero attached hydrogens (tertiary/aromatic N) is 1. The van der Waals surface area contributed by atoms with Crippen LogP contribution >= 0.6 is 0 Å². The number of hydrogen-bond acceptors (Lipinski definition) is 4. The number of carbonyl (C=O) groups is 2. The SMILES string of the molecule is O=C(C1CCCO1)N1CCOC(=O)C12CCCC2. The molecule has 0 radical (unpaired) electrons. The zero-order chi connectivity index (χ0) is 12.6. The fraction of sp³-hybridized carbons (Fsp3) is 0.846. The van der Waals surface area contributed by atoms with Gasteiger partial charge in [0.15, 0.2) is 0 Å². The minimum Gasteiger partial charge on any atom is -0.462 e. The molecule has 1 aliphatic carbocycles. The first kappa shape index (κ1) is 12.0. The Morgan fingerprint density at radius 3 is 2.67 bits per heavy atom. The molecule has 0 bridgehead atoms. The lowest BCUT2D eigenvalue weighted by Crippen LogP contribution is -2.62. The van der Waals surface area contributed by atoms with E-state index in [-0.39, 0.29) is 18.0 Å². The molecule has 1 saturated carbocycles. The number of amides is 1. The van der Waals surface area contributed by atoms with Gasteiger partial charge in [-0.05, 0) is 25.7 Å². The van der Waals surface area contributed by atoms with Crippen molar-refractivity contribution in [2.45, 2.75) is 50.2 Å². The zero-order valence-corrected chi connectivity index (χ0v) is 10.5. The third-order valence-corrected chi connectivity index (χ3v) is 4.35. The number of ether oxygens (including phenoxy) is 2. The fourth-order valence-corrected chi connectivity index (χ4v) is 3.39. The third-order valence-electron chi connectivity index (χ3n) is 4.35. The van der Waals surface area contributed by atoms with E-state index >= 15 is 0 Å². The Balaban J connectivity index is 1.83. The highest BCUT2D eigenvalue weighted by Gasteiger charge is 2.52. The van der Waals surface area contributed by atoms with Crippen LogP contribution in [0.4, 0.5) is 0 Å². The van der Waals surface area contributed by atoms with E-state index in [9.17, 15) is 9.59 Å². The molecule has 2 saturated heterocycles. The van der Waals surface area contributed by atoms with Gasteiger partial charge in [0.1, 0.15) is 18.2 Å². The number of rotatable bonds is 1. The second kappa shape index (κ2) is 4.53. The molecule has 5 heteroatoms. The Hall–Kier alpha value is -1.10. The minimum absolute atomic E-state index is 0.00829. The second-order valence-electron chi connectivity index (χ2n) is 5.37. The van der Waals surface area contributed by atoms with Crippen LogP contribution in [-0.2, 0) is 19.1 Å². The predicted octanol–water partition coefficient (Wildman–Crippen LogP) is 0.864. The lowest BCUT2D eigenvalue weighted by molar-refractivity contribution is -0.178. The Bertz CT molecular complexity index is 356. The molecule has 0 aromatic heterocycles. The summed E-state index contributed by atoms with van der Waals surface area (Å²) in [7, 11) is 0. The van der Waals surface area contributed by atoms with Crippen LogP contribution in [0.5, 0.6) is 0 Å². The number of cyclic esters (lactones) is 1. The van der Waals surface area contributed by atoms with Gasteiger partial charge < -0.3 is 14.4 Å². The van der Waals surface area contributed by atoms with Gasteiger partial charge in [0.05, 0.1) is 6.54 Å². The van der Waals surface area contributed by atoms with E-state index < -0.39 is 5.54 Å². The van der Waals surface area contributed by atoms with Crippen molar-refractivity contribution < 1.29 is 19.1 Å². The number of morpholine rings is 1. The van der Waals surface area contributed by atoms with Gasteiger partial charge >= 0.3 is 5.97 Å². The van der Waals surface area contributed by atoms with Crippen molar-refractivity contribution in [1.29, 1.82) is 0 Å². The summed E-state index contributed by atoms with van der Waals surface area (Å²) in [6.07, 6.45) is 4.83. The van der Waals surface area contributed by atoms with Gasteiger partial charge in [0.2, 0.25) is 0 Å². The van der Waals surface area contributed by atoms with Gasteiger partial charge in [0.25, 0.3) is 5.91 Å². The van der Waals surface area contributed by atoms with Crippen LogP contribution < -0.4 is 0 Å². The highest BCUT2D eigenvalue weighted by Crippen LogP contribution is 2.39. The molecule has 1 spiro atoms. The standard InChI is InChI=1S/C13H19NO4/c15-11(10-4-3-8-17-10)14-7-9-18-12(16)13(14)5-1-2-6-13/h10H,1-9H2. The molecular formula is C13H19NO4. The molecule has 0 aromatic rings. The number of hydrogen-bond donors (Lipinski definition) is 0. The van der Waals surface area contributed by atoms with Gasteiger partial charge in [0, 0.05) is 6.61 Å². The average molecular weight is 253 g/mol. The maximum atomic E-state index is 12.5. The van der Waals surface area contributed by atoms with Gasteiger partial charge in [-0.25, -0.2) is 4.79 Å². The number of esters is 1. The normalized spacial score (nSPS) is 30.8. The number of carbonyl (C=O) groups excluding carboxylic acids is 2. The largest absolute Gasteiger partial charge is 0.462 e. The van der Waals surface area contributed by atoms with E-state index in [1.807, 2.05) is 0 Å². The molecule has 1 unspecified atom stereocenters. The molecule has 2 aliphatic heterocycles. The van der Waals surface area contributed by atoms with Gasteiger partial charge in [-0.2, -0.15) is 0 Å². The van der Waals surface area contributed by atoms with Crippen LogP contribution in [0.25, 0.3) is 0 Å². The third kappa shape index (κ3) is 1.72. The van der Waals surface area contributed by atoms with Crippen LogP contribution in [-0.4, -0.2) is 48.2 Å². The van der Waals surface area contributed by atoms with Crippen LogP contribution in [0, 0.1) is 0 Å². The van der Waals surface area contributed by atoms with E-state index in [0.717, 1.165) is 38.5 Å². The van der Waals surface area contributed by atoms with E-state index in [1.165, 1.54) is 0 Å². The van der Waals surface area contributed by atoms with Crippen molar-refractivity contribution in [2.75, 3.05) is 19.8 Å². The Morgan fingerprint density at radius 1 is 1.22 bits per heavy atom. The first-order valence-electron chi connectivity index (χ1n) is 6.84. The molecule has 3 fully saturated rings. The predicted molar refractivity (Wildman–Crippen MR) is 62.8 cm³/mol. The Morgan fingerprint density at radius 2 is 2.00 bits per heavy atom. The monoisotopic (exact) mass is 253 g/mol. The molecule has 1 amide bonds. The summed E-state index contributed by atoms with van der Waals surface area (Å²) in [5.41, 5.74) is -0.679. The van der Waals surface area contributed by atoms with Crippen molar-refractivity contribution in [2.24, 2.45) is 0 Å². The molecule has 3 aliphatic rings. The van der Waals surface area contributed by atoms with Crippen LogP contribution in [0.15, 0.2) is 0 Å². The van der Waals surface area contributed by atoms with Gasteiger partial charge in [-0.3, -0.25) is 4.79 Å². The first-order valence-corrected chi connectivity index (χ1v) is 6.84. The Labute approximate surface area is 106 Å². The summed E-state index contributed by atoms with van der Waals surface area (Å²) in [6, 6.07) is 0. The Kier molecular flexibility index (Phi) is 3.01. The molecule has 1 atom stereocenters. The molecule has 100 valence electrons. The van der Waals surface area contributed by atoms with E-state index in [1.54, 1.807) is 4.90 Å². The topological polar surface area (TPSA) is 55.8 Å². The summed E-state index contributed by atoms with van der Waals surface area (Å²) in [6.45, 7) is 1.49. The lowest BCUT2D eigenvalue weighted by atomic mass is 9.93. The van der Waals surface area contributed by atoms with Crippen molar-refractivity contribution in [3.63, 3.8) is 0 Å². The van der Waals surface area contributed by atoms with Crippen LogP contribution in [0.1, 0.15) is 38.5 Å². The lowest BCUT2D eigenvalue weighted by Gasteiger charge is -2.43. The van der Waals surface area contributed by atoms with Crippen molar-refractivity contribution >= 4 is 11.9 Å². The smallest absolute Gasteiger partial charge is 0.332 e. The maximum Gasteiger partial charge on any atom is 0.332 e. The van der Waals surface area contributed by atoms with E-state index in [2.05, 4.69) is 0 Å². The summed E-state index contributed by atoms with van der Waals surface area (Å²) >= 11 is 0. The highest BCUT2D eigenvalue weighted by atomic mass is 16.5. The second-order valence-corrected chi connectivity index (χ2v) is 5.37. The highest BCUT2D eigenvalue weighted by molar-refractivity contribution is 5.91. The average Bonchev–Trinajstić information content (AvgIpc) is 3.03. The maximum absolute atomic E-state index is 12.5. The first-order chi connectivity index (χ1) is 8.74. The summed E-state index contributed by atoms with van der Waals surface area (Å²) in [5, 5.41) is 0. The molecule has 3 rings (SSSR count). The molecular weight excluding hydrogens is 234 g/mol. The minimum atomic E-state index is -0.679. The van der Waals surface area contributed by atoms with Gasteiger partial charge in [-0.1, -0.05) is 12.8 Å². The van der Waals surface area contributed by atoms with Crippen molar-refractivity contribution in [3.8, 4) is 0 Å². The van der Waals surface area contributed by atoms with E-state index in [4.69, 9.17) is 9.47 Å². The van der Waals surface area contributed by atoms with Crippen molar-refractivity contribution in [1.82, 2.24) is 4.90 Å². The van der Waals surface area contributed by atoms with Crippen molar-refractivity contribution in [3.05, 3.63) is 0 Å². The molecule has 0 N–H and O–H groups in total. The fourth-order valence-electron chi connectivity index (χ4n) is 3.39. The van der Waals surface area contributed by atoms with Crippen LogP contribution in [0.3, 0.4) is 0 Å².